The van der Waals surface area contributed by atoms with Crippen LogP contribution in [0.5, 0.6) is 11.5 Å². The van der Waals surface area contributed by atoms with Gasteiger partial charge in [-0.25, -0.2) is 9.48 Å². The van der Waals surface area contributed by atoms with Crippen LogP contribution < -0.4 is 10.5 Å². The number of nitrogens with one attached hydrogen (secondary N) is 1. The highest BCUT2D eigenvalue weighted by Crippen LogP contribution is 2.35. The van der Waals surface area contributed by atoms with Gasteiger partial charge in [0.15, 0.2) is 0 Å². The molecule has 0 saturated carbocycles. The minimum Gasteiger partial charge on any atom is -0.456 e. The highest BCUT2D eigenvalue weighted by atomic mass is 35.5. The van der Waals surface area contributed by atoms with Gasteiger partial charge in [0.1, 0.15) is 29.0 Å². The van der Waals surface area contributed by atoms with E-state index in [0.29, 0.717) is 65.5 Å². The molecular formula is C39H44ClN7O6. The Bertz CT molecular complexity index is 2160. The Hall–Kier alpha value is -5.53. The van der Waals surface area contributed by atoms with Gasteiger partial charge in [0, 0.05) is 74.1 Å². The van der Waals surface area contributed by atoms with Crippen LogP contribution in [0.2, 0.25) is 5.02 Å². The van der Waals surface area contributed by atoms with Gasteiger partial charge in [0.2, 0.25) is 0 Å². The summed E-state index contributed by atoms with van der Waals surface area (Å²) < 4.78 is 13.0. The lowest BCUT2D eigenvalue weighted by atomic mass is 10.0. The second kappa shape index (κ2) is 14.8. The van der Waals surface area contributed by atoms with Crippen LogP contribution >= 0.6 is 11.6 Å². The number of H-pyrrole nitrogens is 1. The Labute approximate surface area is 312 Å². The van der Waals surface area contributed by atoms with Crippen LogP contribution in [0.1, 0.15) is 71.7 Å². The second-order valence-electron chi connectivity index (χ2n) is 14.4. The maximum Gasteiger partial charge on any atom is 0.410 e. The number of nitrogens with zero attached hydrogens (tertiary/aromatic N) is 5. The molecule has 1 aliphatic heterocycles. The lowest BCUT2D eigenvalue weighted by Crippen LogP contribution is -2.48. The van der Waals surface area contributed by atoms with Gasteiger partial charge in [-0.2, -0.15) is 5.10 Å². The van der Waals surface area contributed by atoms with Crippen LogP contribution in [0.3, 0.4) is 0 Å². The summed E-state index contributed by atoms with van der Waals surface area (Å²) in [5.41, 5.74) is 8.92. The van der Waals surface area contributed by atoms with E-state index in [2.05, 4.69) is 10.1 Å². The molecule has 4 N–H and O–H groups in total. The highest BCUT2D eigenvalue weighted by molar-refractivity contribution is 6.32. The largest absolute Gasteiger partial charge is 0.456 e. The van der Waals surface area contributed by atoms with Gasteiger partial charge in [0.25, 0.3) is 11.8 Å². The molecule has 0 spiro atoms. The minimum atomic E-state index is -1.15. The Morgan fingerprint density at radius 3 is 2.42 bits per heavy atom. The van der Waals surface area contributed by atoms with Crippen LogP contribution in [0, 0.1) is 0 Å². The first kappa shape index (κ1) is 37.2. The number of likely N-dealkylation sites (tertiary alicyclic amines) is 1. The maximum atomic E-state index is 13.5. The molecule has 3 heterocycles. The molecule has 5 aromatic rings. The Morgan fingerprint density at radius 2 is 1.74 bits per heavy atom. The molecule has 1 atom stereocenters. The van der Waals surface area contributed by atoms with E-state index in [1.807, 2.05) is 26.8 Å². The number of fused-ring (bicyclic) bond motifs is 1. The first-order chi connectivity index (χ1) is 25.1. The van der Waals surface area contributed by atoms with E-state index in [1.165, 1.54) is 15.8 Å². The van der Waals surface area contributed by atoms with Crippen molar-refractivity contribution in [2.24, 2.45) is 0 Å². The van der Waals surface area contributed by atoms with E-state index in [4.69, 9.17) is 26.8 Å². The number of anilines is 1. The normalized spacial score (nSPS) is 14.2. The number of carbonyl (C=O) groups excluding carboxylic acids is 3. The van der Waals surface area contributed by atoms with Gasteiger partial charge < -0.3 is 40.0 Å². The number of amides is 3. The van der Waals surface area contributed by atoms with Crippen molar-refractivity contribution in [3.63, 3.8) is 0 Å². The average Bonchev–Trinajstić information content (AvgIpc) is 3.73. The number of hydrogen-bond donors (Lipinski definition) is 3. The molecule has 13 nitrogen and oxygen atoms in total. The van der Waals surface area contributed by atoms with Gasteiger partial charge in [0.05, 0.1) is 22.5 Å². The van der Waals surface area contributed by atoms with Crippen LogP contribution in [-0.2, 0) is 4.74 Å². The molecule has 0 aliphatic carbocycles. The number of benzene rings is 3. The molecule has 6 rings (SSSR count). The number of aliphatic hydroxyl groups is 1. The third kappa shape index (κ3) is 7.96. The van der Waals surface area contributed by atoms with Crippen molar-refractivity contribution in [2.45, 2.75) is 51.4 Å². The maximum absolute atomic E-state index is 13.5. The molecule has 3 amide bonds. The number of aromatic amines is 1. The number of nitrogens with two attached hydrogens (primary N) is 1. The fourth-order valence-electron chi connectivity index (χ4n) is 6.32. The zero-order valence-electron chi connectivity index (χ0n) is 30.6. The van der Waals surface area contributed by atoms with E-state index in [-0.39, 0.29) is 34.8 Å². The van der Waals surface area contributed by atoms with Crippen molar-refractivity contribution in [3.05, 3.63) is 100 Å². The van der Waals surface area contributed by atoms with E-state index in [1.54, 1.807) is 91.6 Å². The molecule has 3 aromatic carbocycles. The average molecular weight is 742 g/mol. The molecular weight excluding hydrogens is 698 g/mol. The van der Waals surface area contributed by atoms with Gasteiger partial charge >= 0.3 is 6.09 Å². The summed E-state index contributed by atoms with van der Waals surface area (Å²) in [6.07, 6.45) is 1.26. The van der Waals surface area contributed by atoms with Crippen molar-refractivity contribution in [2.75, 3.05) is 40.0 Å². The minimum absolute atomic E-state index is 0.0134. The Morgan fingerprint density at radius 1 is 1.02 bits per heavy atom. The van der Waals surface area contributed by atoms with E-state index >= 15 is 0 Å². The smallest absolute Gasteiger partial charge is 0.410 e. The number of ether oxygens (including phenoxy) is 2. The number of halogens is 1. The third-order valence-electron chi connectivity index (χ3n) is 9.19. The molecule has 1 fully saturated rings. The standard InChI is InChI=1S/C39H44ClN7O6/c1-39(2,3)53-38(51)45(6)25-15-17-46(18-16-25)36(49)23-11-13-30-24(19-23)20-31(43-30)34(48)28-22-42-47(35(28)41)32-14-12-26(21-29(32)40)52-33-10-8-7-9-27(33)37(50)44(4)5/h7-14,19-22,25,34,43,48H,15-18,41H2,1-6H3. The first-order valence-corrected chi connectivity index (χ1v) is 17.7. The number of para-hydroxylation sites is 1. The predicted octanol–water partition coefficient (Wildman–Crippen LogP) is 6.64. The fourth-order valence-corrected chi connectivity index (χ4v) is 6.57. The van der Waals surface area contributed by atoms with Gasteiger partial charge in [-0.05, 0) is 82.1 Å². The van der Waals surface area contributed by atoms with Crippen LogP contribution in [0.25, 0.3) is 16.6 Å². The van der Waals surface area contributed by atoms with E-state index in [0.717, 1.165) is 10.9 Å². The zero-order chi connectivity index (χ0) is 38.2. The number of nitrogen functional groups attached to an aromatic ring is 1. The second-order valence-corrected chi connectivity index (χ2v) is 14.8. The zero-order valence-corrected chi connectivity index (χ0v) is 31.3. The molecule has 14 heteroatoms. The number of aromatic nitrogens is 3. The topological polar surface area (TPSA) is 159 Å². The Balaban J connectivity index is 1.13. The third-order valence-corrected chi connectivity index (χ3v) is 9.50. The van der Waals surface area contributed by atoms with Gasteiger partial charge in [-0.15, -0.1) is 0 Å². The highest BCUT2D eigenvalue weighted by Gasteiger charge is 2.31. The quantitative estimate of drug-likeness (QED) is 0.160. The van der Waals surface area contributed by atoms with Crippen LogP contribution in [0.4, 0.5) is 10.6 Å². The van der Waals surface area contributed by atoms with Crippen molar-refractivity contribution in [3.8, 4) is 17.2 Å². The number of rotatable bonds is 8. The van der Waals surface area contributed by atoms with Crippen molar-refractivity contribution in [1.82, 2.24) is 29.5 Å². The Kier molecular flexibility index (Phi) is 10.4. The molecule has 1 unspecified atom stereocenters. The number of carbonyl (C=O) groups is 3. The van der Waals surface area contributed by atoms with Gasteiger partial charge in [-0.3, -0.25) is 9.59 Å². The van der Waals surface area contributed by atoms with Crippen molar-refractivity contribution in [1.29, 1.82) is 0 Å². The predicted molar refractivity (Wildman–Crippen MR) is 203 cm³/mol. The number of hydrogen-bond acceptors (Lipinski definition) is 8. The summed E-state index contributed by atoms with van der Waals surface area (Å²) in [7, 11) is 5.08. The molecule has 0 bridgehead atoms. The van der Waals surface area contributed by atoms with Crippen molar-refractivity contribution < 1.29 is 29.0 Å². The number of aliphatic hydroxyl groups excluding tert-OH is 1. The molecule has 278 valence electrons. The summed E-state index contributed by atoms with van der Waals surface area (Å²) in [5, 5.41) is 16.9. The summed E-state index contributed by atoms with van der Waals surface area (Å²) in [6, 6.07) is 19.1. The molecule has 0 radical (unpaired) electrons. The van der Waals surface area contributed by atoms with Gasteiger partial charge in [-0.1, -0.05) is 23.7 Å². The monoisotopic (exact) mass is 741 g/mol. The van der Waals surface area contributed by atoms with Crippen molar-refractivity contribution >= 4 is 46.2 Å². The van der Waals surface area contributed by atoms with Crippen LogP contribution in [0.15, 0.2) is 72.9 Å². The first-order valence-electron chi connectivity index (χ1n) is 17.3. The molecule has 53 heavy (non-hydrogen) atoms. The summed E-state index contributed by atoms with van der Waals surface area (Å²) in [5.74, 6) is 0.693. The van der Waals surface area contributed by atoms with E-state index in [9.17, 15) is 19.5 Å². The lowest BCUT2D eigenvalue weighted by Gasteiger charge is -2.37. The molecule has 1 saturated heterocycles. The SMILES string of the molecule is CN(C)C(=O)c1ccccc1Oc1ccc(-n2ncc(C(O)c3cc4cc(C(=O)N5CCC(N(C)C(=O)OC(C)(C)C)CC5)ccc4[nH]3)c2N)c(Cl)c1. The van der Waals surface area contributed by atoms with Crippen LogP contribution in [-0.4, -0.2) is 98.4 Å². The molecule has 1 aliphatic rings. The fraction of sp³-hybridized carbons (Fsp3) is 0.333. The summed E-state index contributed by atoms with van der Waals surface area (Å²) in [4.78, 5) is 46.8. The van der Waals surface area contributed by atoms with E-state index < -0.39 is 11.7 Å². The lowest BCUT2D eigenvalue weighted by molar-refractivity contribution is 0.0155. The number of piperidine rings is 1. The summed E-state index contributed by atoms with van der Waals surface area (Å²) >= 11 is 6.67. The molecule has 2 aromatic heterocycles. The summed E-state index contributed by atoms with van der Waals surface area (Å²) in [6.45, 7) is 6.54.